The van der Waals surface area contributed by atoms with Crippen LogP contribution in [0.25, 0.3) is 4.85 Å². The fraction of sp³-hybridized carbons (Fsp3) is 0.909. The van der Waals surface area contributed by atoms with Gasteiger partial charge in [-0.25, -0.2) is 6.57 Å². The van der Waals surface area contributed by atoms with Crippen molar-refractivity contribution in [3.05, 3.63) is 11.4 Å². The molecule has 0 aromatic carbocycles. The molecule has 0 N–H and O–H groups in total. The molecule has 0 aliphatic heterocycles. The highest BCUT2D eigenvalue weighted by atomic mass is 14.8. The lowest BCUT2D eigenvalue weighted by Crippen LogP contribution is -2.47. The van der Waals surface area contributed by atoms with Gasteiger partial charge in [-0.2, -0.15) is 0 Å². The quantitative estimate of drug-likeness (QED) is 0.553. The molecule has 1 aliphatic rings. The number of hydrogen-bond acceptors (Lipinski definition) is 0. The van der Waals surface area contributed by atoms with Gasteiger partial charge in [-0.15, -0.1) is 0 Å². The summed E-state index contributed by atoms with van der Waals surface area (Å²) in [5, 5.41) is 0. The highest BCUT2D eigenvalue weighted by Crippen LogP contribution is 2.53. The van der Waals surface area contributed by atoms with Crippen molar-refractivity contribution in [2.45, 2.75) is 46.6 Å². The normalized spacial score (nSPS) is 22.4. The molecule has 0 atom stereocenters. The van der Waals surface area contributed by atoms with E-state index in [1.54, 1.807) is 0 Å². The molecule has 12 heavy (non-hydrogen) atoms. The molecule has 1 fully saturated rings. The third-order valence-electron chi connectivity index (χ3n) is 3.71. The predicted molar refractivity (Wildman–Crippen MR) is 51.7 cm³/mol. The maximum absolute atomic E-state index is 6.94. The van der Waals surface area contributed by atoms with Gasteiger partial charge >= 0.3 is 0 Å². The van der Waals surface area contributed by atoms with Crippen molar-refractivity contribution in [3.63, 3.8) is 0 Å². The van der Waals surface area contributed by atoms with E-state index >= 15 is 0 Å². The Hall–Kier alpha value is -0.510. The Labute approximate surface area is 76.0 Å². The molecule has 0 heterocycles. The van der Waals surface area contributed by atoms with Gasteiger partial charge in [0.25, 0.3) is 0 Å². The van der Waals surface area contributed by atoms with Gasteiger partial charge in [0.15, 0.2) is 0 Å². The van der Waals surface area contributed by atoms with Gasteiger partial charge in [0.2, 0.25) is 6.04 Å². The van der Waals surface area contributed by atoms with Gasteiger partial charge in [0.1, 0.15) is 0 Å². The molecule has 0 unspecified atom stereocenters. The first-order valence-corrected chi connectivity index (χ1v) is 4.89. The highest BCUT2D eigenvalue weighted by Gasteiger charge is 2.52. The molecule has 1 aliphatic carbocycles. The second-order valence-corrected chi connectivity index (χ2v) is 4.73. The average Bonchev–Trinajstić information content (AvgIpc) is 1.83. The lowest BCUT2D eigenvalue weighted by atomic mass is 9.54. The molecule has 0 spiro atoms. The van der Waals surface area contributed by atoms with Crippen LogP contribution < -0.4 is 0 Å². The van der Waals surface area contributed by atoms with Crippen LogP contribution in [0.5, 0.6) is 0 Å². The fourth-order valence-electron chi connectivity index (χ4n) is 2.52. The smallest absolute Gasteiger partial charge is 0.224 e. The summed E-state index contributed by atoms with van der Waals surface area (Å²) < 4.78 is 0. The lowest BCUT2D eigenvalue weighted by Gasteiger charge is -2.48. The molecular formula is C11H19N. The van der Waals surface area contributed by atoms with Crippen molar-refractivity contribution in [3.8, 4) is 0 Å². The monoisotopic (exact) mass is 165 g/mol. The second kappa shape index (κ2) is 3.09. The van der Waals surface area contributed by atoms with Crippen molar-refractivity contribution in [1.82, 2.24) is 0 Å². The van der Waals surface area contributed by atoms with E-state index in [4.69, 9.17) is 6.57 Å². The van der Waals surface area contributed by atoms with E-state index in [0.717, 1.165) is 24.7 Å². The molecule has 0 aromatic rings. The topological polar surface area (TPSA) is 4.36 Å². The van der Waals surface area contributed by atoms with Crippen LogP contribution in [0.15, 0.2) is 0 Å². The minimum atomic E-state index is 0.329. The summed E-state index contributed by atoms with van der Waals surface area (Å²) in [7, 11) is 0. The predicted octanol–water partition coefficient (Wildman–Crippen LogP) is 3.37. The van der Waals surface area contributed by atoms with E-state index in [-0.39, 0.29) is 0 Å². The van der Waals surface area contributed by atoms with Gasteiger partial charge in [-0.1, -0.05) is 27.7 Å². The molecule has 0 saturated heterocycles. The zero-order chi connectivity index (χ0) is 9.35. The van der Waals surface area contributed by atoms with Gasteiger partial charge < -0.3 is 4.85 Å². The highest BCUT2D eigenvalue weighted by molar-refractivity contribution is 5.05. The summed E-state index contributed by atoms with van der Waals surface area (Å²) in [6, 6.07) is 0.329. The van der Waals surface area contributed by atoms with E-state index in [2.05, 4.69) is 32.5 Å². The van der Waals surface area contributed by atoms with E-state index in [0.29, 0.717) is 11.5 Å². The zero-order valence-electron chi connectivity index (χ0n) is 8.59. The molecule has 0 aromatic heterocycles. The standard InChI is InChI=1S/C11H19N/c1-8(2)11(9(3)4)6-10(7-11)12-5/h8-10H,6-7H2,1-4H3. The maximum atomic E-state index is 6.94. The van der Waals surface area contributed by atoms with Crippen LogP contribution in [0, 0.1) is 23.8 Å². The van der Waals surface area contributed by atoms with E-state index in [1.807, 2.05) is 0 Å². The first-order valence-electron chi connectivity index (χ1n) is 4.89. The second-order valence-electron chi connectivity index (χ2n) is 4.73. The van der Waals surface area contributed by atoms with Crippen molar-refractivity contribution < 1.29 is 0 Å². The Morgan fingerprint density at radius 3 is 1.83 bits per heavy atom. The molecule has 0 amide bonds. The summed E-state index contributed by atoms with van der Waals surface area (Å²) >= 11 is 0. The average molecular weight is 165 g/mol. The molecule has 1 saturated carbocycles. The maximum Gasteiger partial charge on any atom is 0.224 e. The van der Waals surface area contributed by atoms with Crippen LogP contribution in [-0.2, 0) is 0 Å². The summed E-state index contributed by atoms with van der Waals surface area (Å²) in [4.78, 5) is 3.60. The van der Waals surface area contributed by atoms with Crippen LogP contribution in [0.3, 0.4) is 0 Å². The zero-order valence-corrected chi connectivity index (χ0v) is 8.59. The van der Waals surface area contributed by atoms with Gasteiger partial charge in [0.05, 0.1) is 0 Å². The molecule has 1 nitrogen and oxygen atoms in total. The third kappa shape index (κ3) is 1.24. The van der Waals surface area contributed by atoms with Crippen molar-refractivity contribution in [1.29, 1.82) is 0 Å². The Morgan fingerprint density at radius 2 is 1.58 bits per heavy atom. The van der Waals surface area contributed by atoms with E-state index in [9.17, 15) is 0 Å². The number of rotatable bonds is 2. The van der Waals surface area contributed by atoms with Crippen molar-refractivity contribution in [2.24, 2.45) is 17.3 Å². The minimum absolute atomic E-state index is 0.329. The number of hydrogen-bond donors (Lipinski definition) is 0. The van der Waals surface area contributed by atoms with Crippen molar-refractivity contribution in [2.75, 3.05) is 0 Å². The summed E-state index contributed by atoms with van der Waals surface area (Å²) in [6.07, 6.45) is 2.26. The molecule has 0 bridgehead atoms. The molecule has 1 heteroatoms. The summed E-state index contributed by atoms with van der Waals surface area (Å²) in [5.74, 6) is 1.46. The van der Waals surface area contributed by atoms with Crippen LogP contribution >= 0.6 is 0 Å². The largest absolute Gasteiger partial charge is 0.314 e. The van der Waals surface area contributed by atoms with Crippen molar-refractivity contribution >= 4 is 0 Å². The van der Waals surface area contributed by atoms with Crippen LogP contribution in [0.4, 0.5) is 0 Å². The van der Waals surface area contributed by atoms with Gasteiger partial charge in [-0.05, 0) is 17.3 Å². The third-order valence-corrected chi connectivity index (χ3v) is 3.71. The Morgan fingerprint density at radius 1 is 1.17 bits per heavy atom. The molecule has 0 radical (unpaired) electrons. The van der Waals surface area contributed by atoms with E-state index in [1.165, 1.54) is 0 Å². The Bertz CT molecular complexity index is 182. The fourth-order valence-corrected chi connectivity index (χ4v) is 2.52. The first kappa shape index (κ1) is 9.58. The Kier molecular flexibility index (Phi) is 2.46. The van der Waals surface area contributed by atoms with Crippen LogP contribution in [0.1, 0.15) is 40.5 Å². The van der Waals surface area contributed by atoms with E-state index < -0.39 is 0 Å². The lowest BCUT2D eigenvalue weighted by molar-refractivity contribution is 0.00720. The Balaban J connectivity index is 2.64. The molecular weight excluding hydrogens is 146 g/mol. The SMILES string of the molecule is [C-]#[N+]C1CC(C(C)C)(C(C)C)C1. The summed E-state index contributed by atoms with van der Waals surface area (Å²) in [6.45, 7) is 16.1. The first-order chi connectivity index (χ1) is 5.53. The van der Waals surface area contributed by atoms with Crippen LogP contribution in [0.2, 0.25) is 0 Å². The number of nitrogens with zero attached hydrogens (tertiary/aromatic N) is 1. The van der Waals surface area contributed by atoms with Gasteiger partial charge in [-0.3, -0.25) is 0 Å². The summed E-state index contributed by atoms with van der Waals surface area (Å²) in [5.41, 5.74) is 0.481. The van der Waals surface area contributed by atoms with Gasteiger partial charge in [0, 0.05) is 12.8 Å². The molecule has 68 valence electrons. The molecule has 1 rings (SSSR count). The minimum Gasteiger partial charge on any atom is -0.314 e. The van der Waals surface area contributed by atoms with Crippen LogP contribution in [-0.4, -0.2) is 6.04 Å².